The van der Waals surface area contributed by atoms with Crippen LogP contribution in [0.2, 0.25) is 0 Å². The molecule has 0 aromatic carbocycles. The number of hydrogen-bond acceptors (Lipinski definition) is 5. The molecule has 3 rings (SSSR count). The molecule has 2 N–H and O–H groups in total. The predicted molar refractivity (Wildman–Crippen MR) is 101 cm³/mol. The molecule has 1 aliphatic rings. The lowest BCUT2D eigenvalue weighted by Crippen LogP contribution is -2.45. The third-order valence-electron chi connectivity index (χ3n) is 5.26. The minimum absolute atomic E-state index is 0.0513. The number of aliphatic hydroxyl groups is 1. The maximum absolute atomic E-state index is 12.4. The Kier molecular flexibility index (Phi) is 5.83. The van der Waals surface area contributed by atoms with E-state index in [-0.39, 0.29) is 17.9 Å². The Balaban J connectivity index is 1.68. The van der Waals surface area contributed by atoms with Crippen molar-refractivity contribution in [2.24, 2.45) is 5.41 Å². The molecule has 0 aliphatic carbocycles. The molecule has 138 valence electrons. The average Bonchev–Trinajstić information content (AvgIpc) is 2.73. The van der Waals surface area contributed by atoms with Crippen LogP contribution in [0.3, 0.4) is 0 Å². The number of piperidine rings is 1. The summed E-state index contributed by atoms with van der Waals surface area (Å²) in [6, 6.07) is 7.53. The number of aliphatic hydroxyl groups excluding tert-OH is 1. The number of amides is 1. The van der Waals surface area contributed by atoms with E-state index in [4.69, 9.17) is 0 Å². The Bertz CT molecular complexity index is 732. The van der Waals surface area contributed by atoms with Crippen molar-refractivity contribution >= 4 is 11.6 Å². The molecular weight excluding hydrogens is 328 g/mol. The minimum atomic E-state index is -0.198. The van der Waals surface area contributed by atoms with Crippen LogP contribution in [0.15, 0.2) is 42.9 Å². The Morgan fingerprint density at radius 1 is 1.38 bits per heavy atom. The van der Waals surface area contributed by atoms with Crippen LogP contribution in [0, 0.1) is 5.41 Å². The number of hydrogen-bond donors (Lipinski definition) is 2. The quantitative estimate of drug-likeness (QED) is 0.833. The van der Waals surface area contributed by atoms with E-state index in [1.165, 1.54) is 0 Å². The van der Waals surface area contributed by atoms with Gasteiger partial charge in [0.1, 0.15) is 5.69 Å². The molecule has 1 amide bonds. The molecule has 0 saturated carbocycles. The first-order valence-electron chi connectivity index (χ1n) is 9.15. The van der Waals surface area contributed by atoms with Gasteiger partial charge in [0.2, 0.25) is 0 Å². The monoisotopic (exact) mass is 354 g/mol. The predicted octanol–water partition coefficient (Wildman–Crippen LogP) is 2.40. The van der Waals surface area contributed by atoms with Gasteiger partial charge in [-0.2, -0.15) is 0 Å². The standard InChI is InChI=1S/C20H26N4O2/c1-2-20(15-25)7-4-10-24(14-20)17-6-9-22-18(11-17)19(26)23-13-16-5-3-8-21-12-16/h3,5-6,8-9,11-12,25H,2,4,7,10,13-15H2,1H3,(H,23,26). The smallest absolute Gasteiger partial charge is 0.270 e. The van der Waals surface area contributed by atoms with Crippen molar-refractivity contribution in [3.63, 3.8) is 0 Å². The second-order valence-electron chi connectivity index (χ2n) is 6.98. The molecule has 0 radical (unpaired) electrons. The van der Waals surface area contributed by atoms with E-state index in [2.05, 4.69) is 27.1 Å². The summed E-state index contributed by atoms with van der Waals surface area (Å²) in [4.78, 5) is 23.0. The minimum Gasteiger partial charge on any atom is -0.396 e. The van der Waals surface area contributed by atoms with Crippen molar-refractivity contribution in [1.29, 1.82) is 0 Å². The van der Waals surface area contributed by atoms with Crippen LogP contribution in [0.1, 0.15) is 42.2 Å². The first-order valence-corrected chi connectivity index (χ1v) is 9.15. The van der Waals surface area contributed by atoms with E-state index in [1.807, 2.05) is 24.3 Å². The SMILES string of the molecule is CCC1(CO)CCCN(c2ccnc(C(=O)NCc3cccnc3)c2)C1. The van der Waals surface area contributed by atoms with Gasteiger partial charge < -0.3 is 15.3 Å². The van der Waals surface area contributed by atoms with E-state index in [9.17, 15) is 9.90 Å². The fourth-order valence-electron chi connectivity index (χ4n) is 3.47. The Labute approximate surface area is 154 Å². The van der Waals surface area contributed by atoms with Crippen molar-refractivity contribution < 1.29 is 9.90 Å². The van der Waals surface area contributed by atoms with Crippen molar-refractivity contribution in [2.45, 2.75) is 32.7 Å². The highest BCUT2D eigenvalue weighted by atomic mass is 16.3. The van der Waals surface area contributed by atoms with Crippen LogP contribution >= 0.6 is 0 Å². The van der Waals surface area contributed by atoms with Crippen LogP contribution in [0.5, 0.6) is 0 Å². The largest absolute Gasteiger partial charge is 0.396 e. The van der Waals surface area contributed by atoms with E-state index in [0.717, 1.165) is 43.6 Å². The molecule has 1 saturated heterocycles. The van der Waals surface area contributed by atoms with Crippen LogP contribution in [0.4, 0.5) is 5.69 Å². The van der Waals surface area contributed by atoms with Crippen LogP contribution in [-0.4, -0.2) is 40.7 Å². The molecule has 6 heteroatoms. The number of aromatic nitrogens is 2. The van der Waals surface area contributed by atoms with Crippen molar-refractivity contribution in [3.8, 4) is 0 Å². The van der Waals surface area contributed by atoms with Gasteiger partial charge in [0.05, 0.1) is 6.61 Å². The van der Waals surface area contributed by atoms with Gasteiger partial charge >= 0.3 is 0 Å². The maximum Gasteiger partial charge on any atom is 0.270 e. The van der Waals surface area contributed by atoms with E-state index in [0.29, 0.717) is 12.2 Å². The summed E-state index contributed by atoms with van der Waals surface area (Å²) in [5.41, 5.74) is 2.29. The lowest BCUT2D eigenvalue weighted by Gasteiger charge is -2.42. The molecule has 0 spiro atoms. The zero-order chi connectivity index (χ0) is 18.4. The average molecular weight is 354 g/mol. The Hall–Kier alpha value is -2.47. The lowest BCUT2D eigenvalue weighted by atomic mass is 9.78. The molecule has 6 nitrogen and oxygen atoms in total. The molecule has 0 bridgehead atoms. The second kappa shape index (κ2) is 8.27. The molecular formula is C20H26N4O2. The van der Waals surface area contributed by atoms with Gasteiger partial charge in [0.15, 0.2) is 0 Å². The molecule has 2 aromatic rings. The van der Waals surface area contributed by atoms with Crippen LogP contribution < -0.4 is 10.2 Å². The molecule has 2 aromatic heterocycles. The molecule has 1 atom stereocenters. The highest BCUT2D eigenvalue weighted by Gasteiger charge is 2.33. The molecule has 1 fully saturated rings. The van der Waals surface area contributed by atoms with Gasteiger partial charge in [0.25, 0.3) is 5.91 Å². The van der Waals surface area contributed by atoms with Crippen LogP contribution in [0.25, 0.3) is 0 Å². The third-order valence-corrected chi connectivity index (χ3v) is 5.26. The second-order valence-corrected chi connectivity index (χ2v) is 6.98. The molecule has 26 heavy (non-hydrogen) atoms. The number of carbonyl (C=O) groups is 1. The van der Waals surface area contributed by atoms with Gasteiger partial charge in [-0.15, -0.1) is 0 Å². The highest BCUT2D eigenvalue weighted by Crippen LogP contribution is 2.35. The Morgan fingerprint density at radius 2 is 2.27 bits per heavy atom. The number of rotatable bonds is 6. The van der Waals surface area contributed by atoms with Gasteiger partial charge in [-0.05, 0) is 43.0 Å². The summed E-state index contributed by atoms with van der Waals surface area (Å²) in [5.74, 6) is -0.198. The van der Waals surface area contributed by atoms with Gasteiger partial charge in [-0.25, -0.2) is 0 Å². The molecule has 1 aliphatic heterocycles. The summed E-state index contributed by atoms with van der Waals surface area (Å²) >= 11 is 0. The number of nitrogens with zero attached hydrogens (tertiary/aromatic N) is 3. The first-order chi connectivity index (χ1) is 12.7. The molecule has 1 unspecified atom stereocenters. The third kappa shape index (κ3) is 4.19. The van der Waals surface area contributed by atoms with Gasteiger partial charge in [0, 0.05) is 49.3 Å². The summed E-state index contributed by atoms with van der Waals surface area (Å²) < 4.78 is 0. The number of carbonyl (C=O) groups excluding carboxylic acids is 1. The summed E-state index contributed by atoms with van der Waals surface area (Å²) in [6.07, 6.45) is 8.15. The topological polar surface area (TPSA) is 78.3 Å². The number of nitrogens with one attached hydrogen (secondary N) is 1. The zero-order valence-electron chi connectivity index (χ0n) is 15.2. The zero-order valence-corrected chi connectivity index (χ0v) is 15.2. The molecule has 3 heterocycles. The lowest BCUT2D eigenvalue weighted by molar-refractivity contribution is 0.0945. The van der Waals surface area contributed by atoms with Crippen molar-refractivity contribution in [3.05, 3.63) is 54.1 Å². The van der Waals surface area contributed by atoms with Crippen LogP contribution in [-0.2, 0) is 6.54 Å². The van der Waals surface area contributed by atoms with Gasteiger partial charge in [-0.3, -0.25) is 14.8 Å². The normalized spacial score (nSPS) is 20.0. The fourth-order valence-corrected chi connectivity index (χ4v) is 3.47. The number of anilines is 1. The van der Waals surface area contributed by atoms with Gasteiger partial charge in [-0.1, -0.05) is 13.0 Å². The maximum atomic E-state index is 12.4. The van der Waals surface area contributed by atoms with E-state index < -0.39 is 0 Å². The Morgan fingerprint density at radius 3 is 3.00 bits per heavy atom. The summed E-state index contributed by atoms with van der Waals surface area (Å²) in [6.45, 7) is 4.49. The van der Waals surface area contributed by atoms with E-state index >= 15 is 0 Å². The fraction of sp³-hybridized carbons (Fsp3) is 0.450. The van der Waals surface area contributed by atoms with E-state index in [1.54, 1.807) is 18.6 Å². The number of pyridine rings is 2. The summed E-state index contributed by atoms with van der Waals surface area (Å²) in [7, 11) is 0. The van der Waals surface area contributed by atoms with Crippen molar-refractivity contribution in [1.82, 2.24) is 15.3 Å². The summed E-state index contributed by atoms with van der Waals surface area (Å²) in [5, 5.41) is 12.7. The highest BCUT2D eigenvalue weighted by molar-refractivity contribution is 5.93. The van der Waals surface area contributed by atoms with Crippen molar-refractivity contribution in [2.75, 3.05) is 24.6 Å². The first kappa shape index (κ1) is 18.3.